The number of imidazole rings is 1. The molecule has 0 aliphatic carbocycles. The van der Waals surface area contributed by atoms with Crippen LogP contribution >= 0.6 is 23.1 Å². The maximum absolute atomic E-state index is 12.9. The summed E-state index contributed by atoms with van der Waals surface area (Å²) in [5.74, 6) is -0.926. The predicted octanol–water partition coefficient (Wildman–Crippen LogP) is 5.21. The quantitative estimate of drug-likeness (QED) is 0.219. The summed E-state index contributed by atoms with van der Waals surface area (Å²) in [6, 6.07) is 10.0. The minimum Gasteiger partial charge on any atom is -0.462 e. The normalized spacial score (nSPS) is 15.1. The van der Waals surface area contributed by atoms with Gasteiger partial charge in [-0.2, -0.15) is 0 Å². The van der Waals surface area contributed by atoms with Gasteiger partial charge in [0.15, 0.2) is 10.9 Å². The van der Waals surface area contributed by atoms with Gasteiger partial charge in [0.05, 0.1) is 47.3 Å². The number of carbonyl (C=O) groups is 3. The number of benzene rings is 1. The fourth-order valence-corrected chi connectivity index (χ4v) is 6.06. The number of esters is 1. The van der Waals surface area contributed by atoms with Crippen LogP contribution in [0.1, 0.15) is 52.3 Å². The molecule has 1 aliphatic rings. The SMILES string of the molecule is CCOC(=O)c1c(NC(=O)CSc2ncc(-c3ccccc3)n2C[C@@H]2CCCO2)sc(C(C)=O)c1C. The first-order valence-electron chi connectivity index (χ1n) is 11.9. The Kier molecular flexibility index (Phi) is 8.60. The van der Waals surface area contributed by atoms with E-state index in [9.17, 15) is 14.4 Å². The van der Waals surface area contributed by atoms with E-state index in [1.165, 1.54) is 18.7 Å². The van der Waals surface area contributed by atoms with E-state index < -0.39 is 5.97 Å². The maximum atomic E-state index is 12.9. The second kappa shape index (κ2) is 11.9. The summed E-state index contributed by atoms with van der Waals surface area (Å²) in [4.78, 5) is 42.5. The van der Waals surface area contributed by atoms with E-state index in [1.54, 1.807) is 13.8 Å². The van der Waals surface area contributed by atoms with Gasteiger partial charge < -0.3 is 19.4 Å². The number of hydrogen-bond acceptors (Lipinski definition) is 8. The van der Waals surface area contributed by atoms with E-state index >= 15 is 0 Å². The molecule has 1 atom stereocenters. The van der Waals surface area contributed by atoms with E-state index in [0.29, 0.717) is 22.0 Å². The van der Waals surface area contributed by atoms with E-state index in [4.69, 9.17) is 9.47 Å². The van der Waals surface area contributed by atoms with Crippen LogP contribution in [0.4, 0.5) is 5.00 Å². The van der Waals surface area contributed by atoms with Crippen LogP contribution in [0.25, 0.3) is 11.3 Å². The van der Waals surface area contributed by atoms with Crippen molar-refractivity contribution in [1.82, 2.24) is 9.55 Å². The first kappa shape index (κ1) is 26.1. The molecular weight excluding hydrogens is 498 g/mol. The van der Waals surface area contributed by atoms with Gasteiger partial charge in [-0.25, -0.2) is 9.78 Å². The van der Waals surface area contributed by atoms with Crippen LogP contribution in [-0.4, -0.2) is 52.3 Å². The van der Waals surface area contributed by atoms with Crippen molar-refractivity contribution in [3.63, 3.8) is 0 Å². The molecular formula is C26H29N3O5S2. The zero-order valence-electron chi connectivity index (χ0n) is 20.5. The molecule has 0 radical (unpaired) electrons. The van der Waals surface area contributed by atoms with Crippen molar-refractivity contribution < 1.29 is 23.9 Å². The second-order valence-corrected chi connectivity index (χ2v) is 10.4. The minimum absolute atomic E-state index is 0.0887. The van der Waals surface area contributed by atoms with Crippen molar-refractivity contribution in [2.24, 2.45) is 0 Å². The van der Waals surface area contributed by atoms with Crippen molar-refractivity contribution in [3.8, 4) is 11.3 Å². The molecule has 1 N–H and O–H groups in total. The average molecular weight is 528 g/mol. The Balaban J connectivity index is 1.52. The summed E-state index contributed by atoms with van der Waals surface area (Å²) < 4.78 is 13.1. The lowest BCUT2D eigenvalue weighted by molar-refractivity contribution is -0.113. The molecule has 10 heteroatoms. The average Bonchev–Trinajstić information content (AvgIpc) is 3.58. The maximum Gasteiger partial charge on any atom is 0.341 e. The van der Waals surface area contributed by atoms with Crippen LogP contribution in [0, 0.1) is 6.92 Å². The van der Waals surface area contributed by atoms with Crippen molar-refractivity contribution in [3.05, 3.63) is 52.5 Å². The highest BCUT2D eigenvalue weighted by atomic mass is 32.2. The zero-order valence-corrected chi connectivity index (χ0v) is 22.2. The second-order valence-electron chi connectivity index (χ2n) is 8.41. The number of rotatable bonds is 10. The zero-order chi connectivity index (χ0) is 25.7. The van der Waals surface area contributed by atoms with Crippen LogP contribution in [0.3, 0.4) is 0 Å². The molecule has 190 valence electrons. The standard InChI is InChI=1S/C26H29N3O5S2/c1-4-33-25(32)22-16(2)23(17(3)30)36-24(22)28-21(31)15-35-26-27-13-20(18-9-6-5-7-10-18)29(26)14-19-11-8-12-34-19/h5-7,9-10,13,19H,4,8,11-12,14-15H2,1-3H3,(H,28,31)/t19-/m0/s1. The molecule has 0 saturated carbocycles. The van der Waals surface area contributed by atoms with Gasteiger partial charge in [-0.05, 0) is 44.7 Å². The lowest BCUT2D eigenvalue weighted by Gasteiger charge is -2.16. The Labute approximate surface area is 218 Å². The van der Waals surface area contributed by atoms with Gasteiger partial charge in [0.1, 0.15) is 5.00 Å². The third-order valence-corrected chi connectivity index (χ3v) is 8.13. The largest absolute Gasteiger partial charge is 0.462 e. The third-order valence-electron chi connectivity index (χ3n) is 5.83. The number of carbonyl (C=O) groups excluding carboxylic acids is 3. The third kappa shape index (κ3) is 5.88. The van der Waals surface area contributed by atoms with Gasteiger partial charge >= 0.3 is 5.97 Å². The number of ether oxygens (including phenoxy) is 2. The predicted molar refractivity (Wildman–Crippen MR) is 141 cm³/mol. The molecule has 1 amide bonds. The highest BCUT2D eigenvalue weighted by Gasteiger charge is 2.26. The number of ketones is 1. The van der Waals surface area contributed by atoms with Gasteiger partial charge in [0.25, 0.3) is 0 Å². The lowest BCUT2D eigenvalue weighted by Crippen LogP contribution is -2.18. The number of amides is 1. The first-order valence-corrected chi connectivity index (χ1v) is 13.7. The minimum atomic E-state index is -0.554. The monoisotopic (exact) mass is 527 g/mol. The summed E-state index contributed by atoms with van der Waals surface area (Å²) in [7, 11) is 0. The molecule has 1 aromatic carbocycles. The number of Topliss-reactive ketones (excluding diaryl/α,β-unsaturated/α-hetero) is 1. The number of thiophene rings is 1. The number of nitrogens with one attached hydrogen (secondary N) is 1. The number of anilines is 1. The summed E-state index contributed by atoms with van der Waals surface area (Å²) in [6.45, 7) is 6.46. The van der Waals surface area contributed by atoms with E-state index in [2.05, 4.69) is 14.9 Å². The summed E-state index contributed by atoms with van der Waals surface area (Å²) >= 11 is 2.42. The number of thioether (sulfide) groups is 1. The van der Waals surface area contributed by atoms with Crippen LogP contribution < -0.4 is 5.32 Å². The molecule has 2 aromatic heterocycles. The first-order chi connectivity index (χ1) is 17.4. The van der Waals surface area contributed by atoms with Crippen molar-refractivity contribution in [2.45, 2.75) is 51.4 Å². The molecule has 3 heterocycles. The van der Waals surface area contributed by atoms with Gasteiger partial charge in [-0.1, -0.05) is 42.1 Å². The van der Waals surface area contributed by atoms with Crippen LogP contribution in [0.5, 0.6) is 0 Å². The molecule has 1 aliphatic heterocycles. The number of aromatic nitrogens is 2. The van der Waals surface area contributed by atoms with Crippen molar-refractivity contribution in [2.75, 3.05) is 24.3 Å². The van der Waals surface area contributed by atoms with Crippen LogP contribution in [0.2, 0.25) is 0 Å². The van der Waals surface area contributed by atoms with Crippen LogP contribution in [0.15, 0.2) is 41.7 Å². The Bertz CT molecular complexity index is 1250. The summed E-state index contributed by atoms with van der Waals surface area (Å²) in [6.07, 6.45) is 3.96. The summed E-state index contributed by atoms with van der Waals surface area (Å²) in [5, 5.41) is 3.86. The lowest BCUT2D eigenvalue weighted by atomic mass is 10.1. The molecule has 36 heavy (non-hydrogen) atoms. The van der Waals surface area contributed by atoms with Crippen molar-refractivity contribution >= 4 is 45.8 Å². The molecule has 0 unspecified atom stereocenters. The number of nitrogens with zero attached hydrogens (tertiary/aromatic N) is 2. The van der Waals surface area contributed by atoms with Crippen LogP contribution in [-0.2, 0) is 20.8 Å². The smallest absolute Gasteiger partial charge is 0.341 e. The molecule has 3 aromatic rings. The molecule has 0 bridgehead atoms. The molecule has 8 nitrogen and oxygen atoms in total. The van der Waals surface area contributed by atoms with Gasteiger partial charge in [-0.3, -0.25) is 9.59 Å². The summed E-state index contributed by atoms with van der Waals surface area (Å²) in [5.41, 5.74) is 2.77. The Morgan fingerprint density at radius 1 is 1.28 bits per heavy atom. The van der Waals surface area contributed by atoms with E-state index in [0.717, 1.165) is 47.2 Å². The van der Waals surface area contributed by atoms with Gasteiger partial charge in [0, 0.05) is 6.61 Å². The Hall–Kier alpha value is -2.95. The van der Waals surface area contributed by atoms with E-state index in [-0.39, 0.29) is 35.7 Å². The fourth-order valence-electron chi connectivity index (χ4n) is 4.16. The molecule has 1 fully saturated rings. The molecule has 4 rings (SSSR count). The van der Waals surface area contributed by atoms with Crippen molar-refractivity contribution in [1.29, 1.82) is 0 Å². The van der Waals surface area contributed by atoms with Gasteiger partial charge in [0.2, 0.25) is 5.91 Å². The highest BCUT2D eigenvalue weighted by Crippen LogP contribution is 2.35. The number of hydrogen-bond donors (Lipinski definition) is 1. The molecule has 1 saturated heterocycles. The Morgan fingerprint density at radius 3 is 2.72 bits per heavy atom. The topological polar surface area (TPSA) is 99.5 Å². The van der Waals surface area contributed by atoms with E-state index in [1.807, 2.05) is 36.5 Å². The fraction of sp³-hybridized carbons (Fsp3) is 0.385. The Morgan fingerprint density at radius 2 is 2.06 bits per heavy atom. The highest BCUT2D eigenvalue weighted by molar-refractivity contribution is 7.99. The molecule has 0 spiro atoms. The van der Waals surface area contributed by atoms with Gasteiger partial charge in [-0.15, -0.1) is 11.3 Å².